The van der Waals surface area contributed by atoms with E-state index in [9.17, 15) is 0 Å². The largest absolute Gasteiger partial charge is 0.392 e. The summed E-state index contributed by atoms with van der Waals surface area (Å²) in [6.45, 7) is 0.825. The highest BCUT2D eigenvalue weighted by atomic mass is 35.5. The van der Waals surface area contributed by atoms with Crippen molar-refractivity contribution in [3.63, 3.8) is 0 Å². The van der Waals surface area contributed by atoms with E-state index in [1.807, 2.05) is 12.1 Å². The molecule has 0 saturated carbocycles. The lowest BCUT2D eigenvalue weighted by Gasteiger charge is -2.07. The second-order valence-electron chi connectivity index (χ2n) is 3.10. The maximum Gasteiger partial charge on any atom is 0.0692 e. The van der Waals surface area contributed by atoms with Crippen molar-refractivity contribution in [3.8, 4) is 0 Å². The predicted molar refractivity (Wildman–Crippen MR) is 64.6 cm³/mol. The Balaban J connectivity index is 2.54. The van der Waals surface area contributed by atoms with Gasteiger partial charge in [0.1, 0.15) is 0 Å². The summed E-state index contributed by atoms with van der Waals surface area (Å²) >= 11 is 7.60. The van der Waals surface area contributed by atoms with Gasteiger partial charge in [0.2, 0.25) is 0 Å². The number of benzene rings is 1. The first-order chi connectivity index (χ1) is 7.27. The molecule has 0 amide bonds. The number of hydrogen-bond acceptors (Lipinski definition) is 3. The monoisotopic (exact) mass is 246 g/mol. The number of methoxy groups -OCH3 is 1. The van der Waals surface area contributed by atoms with E-state index in [0.29, 0.717) is 5.02 Å². The minimum absolute atomic E-state index is 0.0593. The second kappa shape index (κ2) is 7.12. The Bertz CT molecular complexity index is 305. The van der Waals surface area contributed by atoms with Crippen LogP contribution in [-0.2, 0) is 11.3 Å². The molecule has 0 aliphatic carbocycles. The summed E-state index contributed by atoms with van der Waals surface area (Å²) in [7, 11) is 1.70. The molecule has 1 rings (SSSR count). The Morgan fingerprint density at radius 3 is 2.93 bits per heavy atom. The normalized spacial score (nSPS) is 10.6. The number of halogens is 1. The summed E-state index contributed by atoms with van der Waals surface area (Å²) in [5, 5.41) is 9.84. The molecule has 84 valence electrons. The summed E-state index contributed by atoms with van der Waals surface area (Å²) in [6.07, 6.45) is 0.999. The highest BCUT2D eigenvalue weighted by molar-refractivity contribution is 7.99. The molecule has 2 nitrogen and oxygen atoms in total. The molecule has 0 radical (unpaired) electrons. The van der Waals surface area contributed by atoms with Crippen LogP contribution in [-0.4, -0.2) is 24.6 Å². The maximum absolute atomic E-state index is 9.13. The highest BCUT2D eigenvalue weighted by Gasteiger charge is 2.02. The Morgan fingerprint density at radius 1 is 1.47 bits per heavy atom. The minimum Gasteiger partial charge on any atom is -0.392 e. The number of hydrogen-bond donors (Lipinski definition) is 1. The number of aliphatic hydroxyl groups excluding tert-OH is 1. The van der Waals surface area contributed by atoms with E-state index in [0.717, 1.165) is 29.2 Å². The lowest BCUT2D eigenvalue weighted by atomic mass is 10.2. The van der Waals surface area contributed by atoms with Gasteiger partial charge < -0.3 is 9.84 Å². The molecule has 0 atom stereocenters. The average molecular weight is 247 g/mol. The van der Waals surface area contributed by atoms with E-state index >= 15 is 0 Å². The van der Waals surface area contributed by atoms with Gasteiger partial charge in [-0.2, -0.15) is 0 Å². The third-order valence-electron chi connectivity index (χ3n) is 1.95. The molecule has 0 unspecified atom stereocenters. The number of thioether (sulfide) groups is 1. The lowest BCUT2D eigenvalue weighted by Crippen LogP contribution is -1.92. The third-order valence-corrected chi connectivity index (χ3v) is 3.37. The second-order valence-corrected chi connectivity index (χ2v) is 4.68. The van der Waals surface area contributed by atoms with Crippen LogP contribution in [0.15, 0.2) is 23.1 Å². The van der Waals surface area contributed by atoms with Crippen molar-refractivity contribution < 1.29 is 9.84 Å². The molecule has 0 bridgehead atoms. The molecule has 15 heavy (non-hydrogen) atoms. The van der Waals surface area contributed by atoms with Crippen molar-refractivity contribution in [3.05, 3.63) is 28.8 Å². The topological polar surface area (TPSA) is 29.5 Å². The van der Waals surface area contributed by atoms with E-state index in [4.69, 9.17) is 21.4 Å². The van der Waals surface area contributed by atoms with Crippen LogP contribution in [0.2, 0.25) is 5.02 Å². The zero-order valence-corrected chi connectivity index (χ0v) is 10.3. The van der Waals surface area contributed by atoms with Crippen LogP contribution >= 0.6 is 23.4 Å². The average Bonchev–Trinajstić information content (AvgIpc) is 2.25. The van der Waals surface area contributed by atoms with Crippen molar-refractivity contribution >= 4 is 23.4 Å². The maximum atomic E-state index is 9.13. The summed E-state index contributed by atoms with van der Waals surface area (Å²) in [5.74, 6) is 0.973. The molecule has 0 aromatic heterocycles. The van der Waals surface area contributed by atoms with Gasteiger partial charge in [-0.1, -0.05) is 17.7 Å². The quantitative estimate of drug-likeness (QED) is 0.618. The molecule has 0 aliphatic rings. The third kappa shape index (κ3) is 4.43. The van der Waals surface area contributed by atoms with E-state index in [1.165, 1.54) is 0 Å². The van der Waals surface area contributed by atoms with Gasteiger partial charge in [-0.3, -0.25) is 0 Å². The number of ether oxygens (including phenoxy) is 1. The van der Waals surface area contributed by atoms with Crippen molar-refractivity contribution in [1.29, 1.82) is 0 Å². The van der Waals surface area contributed by atoms with Gasteiger partial charge in [0.15, 0.2) is 0 Å². The standard InChI is InChI=1S/C11H15ClO2S/c1-14-5-2-6-15-11-7-10(12)4-3-9(11)8-13/h3-4,7,13H,2,5-6,8H2,1H3. The van der Waals surface area contributed by atoms with Gasteiger partial charge in [-0.15, -0.1) is 11.8 Å². The molecule has 0 aliphatic heterocycles. The molecule has 0 saturated heterocycles. The Labute approximate surface area is 99.6 Å². The van der Waals surface area contributed by atoms with Gasteiger partial charge in [0.25, 0.3) is 0 Å². The van der Waals surface area contributed by atoms with Gasteiger partial charge in [0.05, 0.1) is 6.61 Å². The Hall–Kier alpha value is -0.220. The lowest BCUT2D eigenvalue weighted by molar-refractivity contribution is 0.200. The van der Waals surface area contributed by atoms with E-state index < -0.39 is 0 Å². The summed E-state index contributed by atoms with van der Waals surface area (Å²) in [4.78, 5) is 1.06. The molecule has 0 spiro atoms. The summed E-state index contributed by atoms with van der Waals surface area (Å²) < 4.78 is 4.97. The van der Waals surface area contributed by atoms with Crippen molar-refractivity contribution in [2.75, 3.05) is 19.5 Å². The first-order valence-electron chi connectivity index (χ1n) is 4.79. The fourth-order valence-corrected chi connectivity index (χ4v) is 2.43. The molecular formula is C11H15ClO2S. The highest BCUT2D eigenvalue weighted by Crippen LogP contribution is 2.26. The van der Waals surface area contributed by atoms with Crippen molar-refractivity contribution in [1.82, 2.24) is 0 Å². The zero-order valence-electron chi connectivity index (χ0n) is 8.70. The van der Waals surface area contributed by atoms with E-state index in [-0.39, 0.29) is 6.61 Å². The van der Waals surface area contributed by atoms with Crippen LogP contribution in [0.3, 0.4) is 0 Å². The first kappa shape index (κ1) is 12.8. The Kier molecular flexibility index (Phi) is 6.10. The molecule has 1 aromatic carbocycles. The van der Waals surface area contributed by atoms with Crippen LogP contribution < -0.4 is 0 Å². The van der Waals surface area contributed by atoms with E-state index in [1.54, 1.807) is 24.9 Å². The molecule has 0 fully saturated rings. The van der Waals surface area contributed by atoms with Crippen LogP contribution in [0.5, 0.6) is 0 Å². The molecular weight excluding hydrogens is 232 g/mol. The van der Waals surface area contributed by atoms with Gasteiger partial charge in [-0.25, -0.2) is 0 Å². The molecule has 1 N–H and O–H groups in total. The minimum atomic E-state index is 0.0593. The predicted octanol–water partition coefficient (Wildman–Crippen LogP) is 2.96. The number of rotatable bonds is 6. The molecule has 0 heterocycles. The smallest absolute Gasteiger partial charge is 0.0692 e. The Morgan fingerprint density at radius 2 is 2.27 bits per heavy atom. The van der Waals surface area contributed by atoms with Gasteiger partial charge in [-0.05, 0) is 24.1 Å². The van der Waals surface area contributed by atoms with Gasteiger partial charge >= 0.3 is 0 Å². The first-order valence-corrected chi connectivity index (χ1v) is 6.15. The van der Waals surface area contributed by atoms with Crippen LogP contribution in [0, 0.1) is 0 Å². The molecule has 1 aromatic rings. The van der Waals surface area contributed by atoms with Crippen LogP contribution in [0.4, 0.5) is 0 Å². The van der Waals surface area contributed by atoms with Crippen molar-refractivity contribution in [2.24, 2.45) is 0 Å². The summed E-state index contributed by atoms with van der Waals surface area (Å²) in [5.41, 5.74) is 0.932. The van der Waals surface area contributed by atoms with E-state index in [2.05, 4.69) is 0 Å². The van der Waals surface area contributed by atoms with Crippen molar-refractivity contribution in [2.45, 2.75) is 17.9 Å². The van der Waals surface area contributed by atoms with Crippen LogP contribution in [0.1, 0.15) is 12.0 Å². The van der Waals surface area contributed by atoms with Crippen LogP contribution in [0.25, 0.3) is 0 Å². The summed E-state index contributed by atoms with van der Waals surface area (Å²) in [6, 6.07) is 5.55. The SMILES string of the molecule is COCCCSc1cc(Cl)ccc1CO. The fraction of sp³-hybridized carbons (Fsp3) is 0.455. The fourth-order valence-electron chi connectivity index (χ4n) is 1.18. The van der Waals surface area contributed by atoms with Gasteiger partial charge in [0, 0.05) is 29.4 Å². The number of aliphatic hydroxyl groups is 1. The zero-order chi connectivity index (χ0) is 11.1. The molecule has 4 heteroatoms.